The van der Waals surface area contributed by atoms with Gasteiger partial charge in [0.2, 0.25) is 5.91 Å². The number of rotatable bonds is 4. The van der Waals surface area contributed by atoms with E-state index in [0.29, 0.717) is 0 Å². The lowest BCUT2D eigenvalue weighted by Crippen LogP contribution is -2.51. The lowest BCUT2D eigenvalue weighted by molar-refractivity contribution is -0.128. The summed E-state index contributed by atoms with van der Waals surface area (Å²) in [7, 11) is 0. The maximum absolute atomic E-state index is 12.3. The molecule has 0 radical (unpaired) electrons. The molecule has 2 N–H and O–H groups in total. The molecule has 2 aliphatic rings. The summed E-state index contributed by atoms with van der Waals surface area (Å²) in [5.41, 5.74) is -0.293. The Hall–Kier alpha value is -0.570. The van der Waals surface area contributed by atoms with Crippen molar-refractivity contribution >= 4 is 5.91 Å². The smallest absolute Gasteiger partial charge is 0.223 e. The van der Waals surface area contributed by atoms with Crippen molar-refractivity contribution in [3.63, 3.8) is 0 Å². The minimum Gasteiger partial charge on any atom is -0.394 e. The predicted molar refractivity (Wildman–Crippen MR) is 72.2 cm³/mol. The molecule has 2 aliphatic carbocycles. The standard InChI is InChI=1S/C15H27NO2/c1-2-12-5-7-13(8-6-12)14(18)16-15(11-17)9-3-4-10-15/h12-13,17H,2-11H2,1H3,(H,16,18). The van der Waals surface area contributed by atoms with Crippen molar-refractivity contribution in [3.05, 3.63) is 0 Å². The highest BCUT2D eigenvalue weighted by Gasteiger charge is 2.36. The summed E-state index contributed by atoms with van der Waals surface area (Å²) in [5, 5.41) is 12.7. The van der Waals surface area contributed by atoms with Gasteiger partial charge < -0.3 is 10.4 Å². The fourth-order valence-corrected chi connectivity index (χ4v) is 3.57. The summed E-state index contributed by atoms with van der Waals surface area (Å²) in [5.74, 6) is 1.21. The number of aliphatic hydroxyl groups is 1. The number of carbonyl (C=O) groups excluding carboxylic acids is 1. The highest BCUT2D eigenvalue weighted by Crippen LogP contribution is 2.33. The van der Waals surface area contributed by atoms with E-state index >= 15 is 0 Å². The molecule has 0 aliphatic heterocycles. The van der Waals surface area contributed by atoms with Crippen LogP contribution in [0.5, 0.6) is 0 Å². The van der Waals surface area contributed by atoms with Crippen LogP contribution in [0.2, 0.25) is 0 Å². The maximum atomic E-state index is 12.3. The maximum Gasteiger partial charge on any atom is 0.223 e. The highest BCUT2D eigenvalue weighted by atomic mass is 16.3. The Morgan fingerprint density at radius 1 is 1.22 bits per heavy atom. The van der Waals surface area contributed by atoms with Crippen LogP contribution in [0.4, 0.5) is 0 Å². The molecule has 0 aromatic carbocycles. The fraction of sp³-hybridized carbons (Fsp3) is 0.933. The SMILES string of the molecule is CCC1CCC(C(=O)NC2(CO)CCCC2)CC1. The van der Waals surface area contributed by atoms with Crippen LogP contribution >= 0.6 is 0 Å². The number of amides is 1. The van der Waals surface area contributed by atoms with Crippen LogP contribution in [0, 0.1) is 11.8 Å². The highest BCUT2D eigenvalue weighted by molar-refractivity contribution is 5.79. The van der Waals surface area contributed by atoms with Crippen molar-refractivity contribution in [3.8, 4) is 0 Å². The molecule has 0 aromatic rings. The van der Waals surface area contributed by atoms with Gasteiger partial charge in [0.25, 0.3) is 0 Å². The number of hydrogen-bond acceptors (Lipinski definition) is 2. The topological polar surface area (TPSA) is 49.3 Å². The molecule has 0 unspecified atom stereocenters. The quantitative estimate of drug-likeness (QED) is 0.809. The van der Waals surface area contributed by atoms with E-state index in [4.69, 9.17) is 0 Å². The van der Waals surface area contributed by atoms with Gasteiger partial charge in [-0.25, -0.2) is 0 Å². The van der Waals surface area contributed by atoms with Crippen LogP contribution < -0.4 is 5.32 Å². The zero-order valence-corrected chi connectivity index (χ0v) is 11.6. The third-order valence-electron chi connectivity index (χ3n) is 5.05. The summed E-state index contributed by atoms with van der Waals surface area (Å²) in [6, 6.07) is 0. The lowest BCUT2D eigenvalue weighted by Gasteiger charge is -2.33. The van der Waals surface area contributed by atoms with Crippen LogP contribution in [0.1, 0.15) is 64.7 Å². The Labute approximate surface area is 110 Å². The van der Waals surface area contributed by atoms with Gasteiger partial charge >= 0.3 is 0 Å². The minimum absolute atomic E-state index is 0.100. The van der Waals surface area contributed by atoms with Crippen molar-refractivity contribution in [1.29, 1.82) is 0 Å². The minimum atomic E-state index is -0.293. The number of carbonyl (C=O) groups is 1. The Morgan fingerprint density at radius 3 is 2.33 bits per heavy atom. The Bertz CT molecular complexity index is 276. The molecule has 18 heavy (non-hydrogen) atoms. The van der Waals surface area contributed by atoms with Crippen LogP contribution in [0.25, 0.3) is 0 Å². The largest absolute Gasteiger partial charge is 0.394 e. The molecule has 1 amide bonds. The predicted octanol–water partition coefficient (Wildman–Crippen LogP) is 2.62. The van der Waals surface area contributed by atoms with Gasteiger partial charge in [0.05, 0.1) is 12.1 Å². The van der Waals surface area contributed by atoms with Gasteiger partial charge in [-0.15, -0.1) is 0 Å². The Kier molecular flexibility index (Phi) is 4.66. The van der Waals surface area contributed by atoms with E-state index in [2.05, 4.69) is 12.2 Å². The van der Waals surface area contributed by atoms with E-state index in [-0.39, 0.29) is 24.0 Å². The Balaban J connectivity index is 1.84. The second kappa shape index (κ2) is 6.05. The first kappa shape index (κ1) is 13.9. The summed E-state index contributed by atoms with van der Waals surface area (Å²) in [6.07, 6.45) is 9.85. The number of nitrogens with one attached hydrogen (secondary N) is 1. The molecule has 0 heterocycles. The van der Waals surface area contributed by atoms with Crippen molar-refractivity contribution in [2.75, 3.05) is 6.61 Å². The number of aliphatic hydroxyl groups excluding tert-OH is 1. The molecule has 2 rings (SSSR count). The van der Waals surface area contributed by atoms with E-state index in [1.807, 2.05) is 0 Å². The van der Waals surface area contributed by atoms with Crippen molar-refractivity contribution in [2.45, 2.75) is 70.3 Å². The molecule has 0 saturated heterocycles. The third-order valence-corrected chi connectivity index (χ3v) is 5.05. The molecule has 0 aromatic heterocycles. The van der Waals surface area contributed by atoms with E-state index in [1.54, 1.807) is 0 Å². The first-order valence-electron chi connectivity index (χ1n) is 7.62. The molecule has 3 heteroatoms. The van der Waals surface area contributed by atoms with Gasteiger partial charge in [-0.05, 0) is 44.4 Å². The molecule has 2 saturated carbocycles. The van der Waals surface area contributed by atoms with Gasteiger partial charge in [0, 0.05) is 5.92 Å². The van der Waals surface area contributed by atoms with Gasteiger partial charge in [-0.1, -0.05) is 26.2 Å². The van der Waals surface area contributed by atoms with Crippen molar-refractivity contribution < 1.29 is 9.90 Å². The van der Waals surface area contributed by atoms with E-state index < -0.39 is 0 Å². The number of hydrogen-bond donors (Lipinski definition) is 2. The summed E-state index contributed by atoms with van der Waals surface area (Å²) in [4.78, 5) is 12.3. The summed E-state index contributed by atoms with van der Waals surface area (Å²) >= 11 is 0. The van der Waals surface area contributed by atoms with Gasteiger partial charge in [-0.3, -0.25) is 4.79 Å². The summed E-state index contributed by atoms with van der Waals surface area (Å²) in [6.45, 7) is 2.34. The zero-order chi connectivity index (χ0) is 13.0. The van der Waals surface area contributed by atoms with Crippen LogP contribution in [-0.2, 0) is 4.79 Å². The van der Waals surface area contributed by atoms with Crippen LogP contribution in [0.15, 0.2) is 0 Å². The second-order valence-electron chi connectivity index (χ2n) is 6.26. The normalized spacial score (nSPS) is 31.2. The molecule has 2 fully saturated rings. The lowest BCUT2D eigenvalue weighted by atomic mass is 9.80. The van der Waals surface area contributed by atoms with Crippen molar-refractivity contribution in [2.24, 2.45) is 11.8 Å². The van der Waals surface area contributed by atoms with E-state index in [0.717, 1.165) is 44.4 Å². The molecular formula is C15H27NO2. The van der Waals surface area contributed by atoms with Crippen molar-refractivity contribution in [1.82, 2.24) is 5.32 Å². The first-order valence-corrected chi connectivity index (χ1v) is 7.62. The average Bonchev–Trinajstić information content (AvgIpc) is 2.88. The van der Waals surface area contributed by atoms with Gasteiger partial charge in [-0.2, -0.15) is 0 Å². The molecule has 0 bridgehead atoms. The van der Waals surface area contributed by atoms with E-state index in [1.165, 1.54) is 19.3 Å². The Morgan fingerprint density at radius 2 is 1.83 bits per heavy atom. The second-order valence-corrected chi connectivity index (χ2v) is 6.26. The zero-order valence-electron chi connectivity index (χ0n) is 11.6. The first-order chi connectivity index (χ1) is 8.69. The van der Waals surface area contributed by atoms with Crippen LogP contribution in [-0.4, -0.2) is 23.2 Å². The fourth-order valence-electron chi connectivity index (χ4n) is 3.57. The van der Waals surface area contributed by atoms with Gasteiger partial charge in [0.15, 0.2) is 0 Å². The molecule has 0 atom stereocenters. The molecule has 3 nitrogen and oxygen atoms in total. The van der Waals surface area contributed by atoms with Crippen LogP contribution in [0.3, 0.4) is 0 Å². The molecule has 0 spiro atoms. The van der Waals surface area contributed by atoms with Gasteiger partial charge in [0.1, 0.15) is 0 Å². The molecular weight excluding hydrogens is 226 g/mol. The average molecular weight is 253 g/mol. The monoisotopic (exact) mass is 253 g/mol. The molecule has 104 valence electrons. The third kappa shape index (κ3) is 3.05. The van der Waals surface area contributed by atoms with E-state index in [9.17, 15) is 9.90 Å². The summed E-state index contributed by atoms with van der Waals surface area (Å²) < 4.78 is 0.